The maximum Gasteiger partial charge on any atom is 0.416 e. The fourth-order valence-corrected chi connectivity index (χ4v) is 3.54. The number of hydrogen-bond donors (Lipinski definition) is 0. The van der Waals surface area contributed by atoms with Gasteiger partial charge in [-0.15, -0.1) is 12.4 Å². The average molecular weight is 453 g/mol. The van der Waals surface area contributed by atoms with Crippen LogP contribution in [0.4, 0.5) is 19.1 Å². The highest BCUT2D eigenvalue weighted by Crippen LogP contribution is 2.37. The average Bonchev–Trinajstić information content (AvgIpc) is 2.75. The van der Waals surface area contributed by atoms with E-state index in [1.165, 1.54) is 22.8 Å². The fourth-order valence-electron chi connectivity index (χ4n) is 3.54. The number of nitrogens with zero attached hydrogens (tertiary/aromatic N) is 4. The number of hydrogen-bond acceptors (Lipinski definition) is 5. The molecule has 0 unspecified atom stereocenters. The summed E-state index contributed by atoms with van der Waals surface area (Å²) in [4.78, 5) is 22.9. The van der Waals surface area contributed by atoms with Gasteiger partial charge in [0.05, 0.1) is 24.4 Å². The molecule has 31 heavy (non-hydrogen) atoms. The van der Waals surface area contributed by atoms with Crippen molar-refractivity contribution in [2.75, 3.05) is 24.6 Å². The lowest BCUT2D eigenvalue weighted by Crippen LogP contribution is -2.42. The Hall–Kier alpha value is -2.91. The van der Waals surface area contributed by atoms with Crippen LogP contribution in [-0.2, 0) is 18.0 Å². The smallest absolute Gasteiger partial charge is 0.370 e. The molecule has 0 bridgehead atoms. The first kappa shape index (κ1) is 22.8. The Labute approximate surface area is 182 Å². The van der Waals surface area contributed by atoms with Crippen molar-refractivity contribution in [2.24, 2.45) is 7.05 Å². The van der Waals surface area contributed by atoms with E-state index in [4.69, 9.17) is 4.74 Å². The summed E-state index contributed by atoms with van der Waals surface area (Å²) in [7, 11) is 1.59. The van der Waals surface area contributed by atoms with Crippen LogP contribution in [0, 0.1) is 0 Å². The lowest BCUT2D eigenvalue weighted by molar-refractivity contribution is -0.139. The Kier molecular flexibility index (Phi) is 6.66. The number of halogens is 4. The Bertz CT molecular complexity index is 1110. The number of anilines is 1. The predicted octanol–water partition coefficient (Wildman–Crippen LogP) is 3.86. The monoisotopic (exact) mass is 452 g/mol. The summed E-state index contributed by atoms with van der Waals surface area (Å²) in [6.07, 6.45) is -2.06. The van der Waals surface area contributed by atoms with E-state index >= 15 is 0 Å². The second-order valence-electron chi connectivity index (χ2n) is 6.96. The van der Waals surface area contributed by atoms with Crippen molar-refractivity contribution in [3.63, 3.8) is 0 Å². The van der Waals surface area contributed by atoms with Crippen LogP contribution in [0.2, 0.25) is 0 Å². The Balaban J connectivity index is 0.00000272. The Morgan fingerprint density at radius 2 is 1.84 bits per heavy atom. The van der Waals surface area contributed by atoms with Crippen molar-refractivity contribution in [2.45, 2.75) is 12.3 Å². The number of rotatable bonds is 3. The first-order valence-corrected chi connectivity index (χ1v) is 9.36. The third-order valence-electron chi connectivity index (χ3n) is 5.05. The zero-order chi connectivity index (χ0) is 21.3. The van der Waals surface area contributed by atoms with E-state index < -0.39 is 17.8 Å². The van der Waals surface area contributed by atoms with Gasteiger partial charge in [0, 0.05) is 37.6 Å². The minimum Gasteiger partial charge on any atom is -0.370 e. The molecule has 0 amide bonds. The molecule has 1 atom stereocenters. The van der Waals surface area contributed by atoms with Crippen molar-refractivity contribution in [1.82, 2.24) is 14.5 Å². The first-order chi connectivity index (χ1) is 14.3. The number of ether oxygens (including phenoxy) is 1. The molecule has 3 aromatic rings. The molecule has 0 spiro atoms. The van der Waals surface area contributed by atoms with Gasteiger partial charge in [-0.05, 0) is 23.8 Å². The minimum atomic E-state index is -4.48. The quantitative estimate of drug-likeness (QED) is 0.604. The summed E-state index contributed by atoms with van der Waals surface area (Å²) in [5, 5.41) is 0. The number of alkyl halides is 3. The van der Waals surface area contributed by atoms with Gasteiger partial charge in [0.15, 0.2) is 0 Å². The van der Waals surface area contributed by atoms with Gasteiger partial charge < -0.3 is 9.64 Å². The van der Waals surface area contributed by atoms with Gasteiger partial charge in [-0.1, -0.05) is 18.2 Å². The molecular weight excluding hydrogens is 433 g/mol. The third kappa shape index (κ3) is 4.72. The van der Waals surface area contributed by atoms with E-state index in [0.717, 1.165) is 11.6 Å². The molecule has 0 radical (unpaired) electrons. The van der Waals surface area contributed by atoms with Crippen LogP contribution >= 0.6 is 12.4 Å². The highest BCUT2D eigenvalue weighted by atomic mass is 35.5. The highest BCUT2D eigenvalue weighted by molar-refractivity contribution is 5.85. The van der Waals surface area contributed by atoms with Crippen LogP contribution in [0.1, 0.15) is 17.2 Å². The molecule has 1 fully saturated rings. The molecule has 6 nitrogen and oxygen atoms in total. The van der Waals surface area contributed by atoms with Crippen LogP contribution in [0.25, 0.3) is 11.3 Å². The molecule has 0 N–H and O–H groups in total. The van der Waals surface area contributed by atoms with E-state index in [0.29, 0.717) is 18.2 Å². The number of benzene rings is 1. The summed E-state index contributed by atoms with van der Waals surface area (Å²) in [6.45, 7) is 0.768. The van der Waals surface area contributed by atoms with Crippen molar-refractivity contribution in [3.05, 3.63) is 76.3 Å². The molecule has 10 heteroatoms. The molecule has 1 saturated heterocycles. The normalized spacial score (nSPS) is 16.6. The van der Waals surface area contributed by atoms with Crippen molar-refractivity contribution in [1.29, 1.82) is 0 Å². The predicted molar refractivity (Wildman–Crippen MR) is 112 cm³/mol. The van der Waals surface area contributed by atoms with Crippen LogP contribution in [0.15, 0.2) is 59.7 Å². The van der Waals surface area contributed by atoms with Crippen LogP contribution < -0.4 is 10.5 Å². The largest absolute Gasteiger partial charge is 0.416 e. The SMILES string of the molecule is Cl.Cn1c(N2CCO[C@@H](c3ccccc3C(F)(F)F)C2)nc(-c2ccncc2)cc1=O. The lowest BCUT2D eigenvalue weighted by Gasteiger charge is -2.35. The van der Waals surface area contributed by atoms with E-state index in [1.54, 1.807) is 42.5 Å². The fraction of sp³-hybridized carbons (Fsp3) is 0.286. The summed E-state index contributed by atoms with van der Waals surface area (Å²) in [5.74, 6) is 0.382. The van der Waals surface area contributed by atoms with E-state index in [1.807, 2.05) is 0 Å². The molecule has 0 aliphatic carbocycles. The number of aromatic nitrogens is 3. The molecule has 1 aromatic carbocycles. The zero-order valence-electron chi connectivity index (χ0n) is 16.5. The molecular formula is C21H20ClF3N4O2. The van der Waals surface area contributed by atoms with Crippen molar-refractivity contribution < 1.29 is 17.9 Å². The molecule has 3 heterocycles. The zero-order valence-corrected chi connectivity index (χ0v) is 17.4. The number of pyridine rings is 1. The molecule has 1 aliphatic heterocycles. The lowest BCUT2D eigenvalue weighted by atomic mass is 10.0. The van der Waals surface area contributed by atoms with Gasteiger partial charge in [-0.3, -0.25) is 14.3 Å². The summed E-state index contributed by atoms with van der Waals surface area (Å²) in [6, 6.07) is 10.3. The van der Waals surface area contributed by atoms with Gasteiger partial charge in [0.1, 0.15) is 6.10 Å². The van der Waals surface area contributed by atoms with Crippen LogP contribution in [-0.4, -0.2) is 34.2 Å². The molecule has 4 rings (SSSR count). The van der Waals surface area contributed by atoms with Gasteiger partial charge in [0.25, 0.3) is 5.56 Å². The first-order valence-electron chi connectivity index (χ1n) is 9.36. The van der Waals surface area contributed by atoms with Gasteiger partial charge in [0.2, 0.25) is 5.95 Å². The van der Waals surface area contributed by atoms with Crippen molar-refractivity contribution in [3.8, 4) is 11.3 Å². The van der Waals surface area contributed by atoms with Crippen LogP contribution in [0.5, 0.6) is 0 Å². The molecule has 164 valence electrons. The molecule has 1 aliphatic rings. The summed E-state index contributed by atoms with van der Waals surface area (Å²) in [5.41, 5.74) is 0.310. The standard InChI is InChI=1S/C21H19F3N4O2.ClH/c1-27-19(29)12-17(14-6-8-25-9-7-14)26-20(27)28-10-11-30-18(13-28)15-4-2-3-5-16(15)21(22,23)24;/h2-9,12,18H,10-11,13H2,1H3;1H/t18-;/m1./s1. The third-order valence-corrected chi connectivity index (χ3v) is 5.05. The topological polar surface area (TPSA) is 60.2 Å². The summed E-state index contributed by atoms with van der Waals surface area (Å²) < 4.78 is 47.4. The highest BCUT2D eigenvalue weighted by Gasteiger charge is 2.36. The Morgan fingerprint density at radius 1 is 1.13 bits per heavy atom. The van der Waals surface area contributed by atoms with E-state index in [2.05, 4.69) is 9.97 Å². The molecule has 0 saturated carbocycles. The van der Waals surface area contributed by atoms with Gasteiger partial charge in [-0.2, -0.15) is 13.2 Å². The maximum atomic E-state index is 13.4. The van der Waals surface area contributed by atoms with Gasteiger partial charge in [-0.25, -0.2) is 4.98 Å². The Morgan fingerprint density at radius 3 is 2.55 bits per heavy atom. The summed E-state index contributed by atoms with van der Waals surface area (Å²) >= 11 is 0. The van der Waals surface area contributed by atoms with Crippen LogP contribution in [0.3, 0.4) is 0 Å². The van der Waals surface area contributed by atoms with Gasteiger partial charge >= 0.3 is 6.18 Å². The van der Waals surface area contributed by atoms with E-state index in [-0.39, 0.29) is 36.7 Å². The minimum absolute atomic E-state index is 0. The second-order valence-corrected chi connectivity index (χ2v) is 6.96. The number of morpholine rings is 1. The maximum absolute atomic E-state index is 13.4. The molecule has 2 aromatic heterocycles. The van der Waals surface area contributed by atoms with E-state index in [9.17, 15) is 18.0 Å². The second kappa shape index (κ2) is 9.07. The van der Waals surface area contributed by atoms with Crippen molar-refractivity contribution >= 4 is 18.4 Å².